The Kier molecular flexibility index (Phi) is 15.5. The van der Waals surface area contributed by atoms with E-state index in [-0.39, 0.29) is 84.8 Å². The minimum atomic E-state index is -2.01. The van der Waals surface area contributed by atoms with Gasteiger partial charge in [-0.25, -0.2) is 4.98 Å². The molecule has 3 N–H and O–H groups in total. The number of unbranched alkanes of at least 4 members (excludes halogenated alkanes) is 1. The van der Waals surface area contributed by atoms with Gasteiger partial charge in [-0.2, -0.15) is 0 Å². The van der Waals surface area contributed by atoms with Gasteiger partial charge in [-0.05, 0) is 83.4 Å². The van der Waals surface area contributed by atoms with Crippen LogP contribution in [0.5, 0.6) is 17.2 Å². The molecular weight excluding hydrogens is 883 g/mol. The molecule has 3 heterocycles. The van der Waals surface area contributed by atoms with Gasteiger partial charge in [-0.15, -0.1) is 0 Å². The fourth-order valence-corrected chi connectivity index (χ4v) is 9.22. The number of aliphatic hydroxyl groups excluding tert-OH is 1. The average Bonchev–Trinajstić information content (AvgIpc) is 3.55. The highest BCUT2D eigenvalue weighted by Crippen LogP contribution is 2.48. The number of nitrogens with one attached hydrogen (secondary N) is 1. The zero-order chi connectivity index (χ0) is 51.1. The number of fused-ring (bicyclic) bond motifs is 2. The second-order valence-corrected chi connectivity index (χ2v) is 20.9. The largest absolute Gasteiger partial charge is 0.505 e. The van der Waals surface area contributed by atoms with Crippen LogP contribution in [0.15, 0.2) is 63.6 Å². The lowest BCUT2D eigenvalue weighted by Gasteiger charge is -2.42. The lowest BCUT2D eigenvalue weighted by atomic mass is 9.73. The molecule has 374 valence electrons. The number of amides is 1. The number of carbonyl (C=O) groups excluding carboxylic acids is 3. The van der Waals surface area contributed by atoms with E-state index in [0.717, 1.165) is 23.9 Å². The molecule has 0 unspecified atom stereocenters. The molecule has 0 radical (unpaired) electrons. The van der Waals surface area contributed by atoms with Crippen LogP contribution >= 0.6 is 0 Å². The quantitative estimate of drug-likeness (QED) is 0.0378. The second kappa shape index (κ2) is 20.3. The lowest BCUT2D eigenvalue weighted by Crippen LogP contribution is -2.54. The number of aromatic nitrogens is 1. The number of quaternary nitrogens is 1. The Labute approximate surface area is 405 Å². The van der Waals surface area contributed by atoms with Crippen molar-refractivity contribution >= 4 is 56.3 Å². The number of hydrogen-bond acceptors (Lipinski definition) is 13. The van der Waals surface area contributed by atoms with Gasteiger partial charge in [0.2, 0.25) is 0 Å². The molecule has 2 aliphatic heterocycles. The zero-order valence-electron chi connectivity index (χ0n) is 42.9. The van der Waals surface area contributed by atoms with Gasteiger partial charge in [0.25, 0.3) is 11.7 Å². The number of esters is 1. The van der Waals surface area contributed by atoms with Crippen molar-refractivity contribution in [2.75, 3.05) is 39.7 Å². The molecule has 2 aliphatic rings. The van der Waals surface area contributed by atoms with Gasteiger partial charge in [-0.3, -0.25) is 19.2 Å². The normalized spacial score (nSPS) is 28.0. The summed E-state index contributed by atoms with van der Waals surface area (Å²) in [5, 5.41) is 26.2. The molecule has 1 amide bonds. The maximum Gasteiger partial charge on any atom is 0.312 e. The van der Waals surface area contributed by atoms with Crippen molar-refractivity contribution in [2.45, 2.75) is 126 Å². The van der Waals surface area contributed by atoms with Gasteiger partial charge < -0.3 is 48.1 Å². The van der Waals surface area contributed by atoms with Crippen molar-refractivity contribution in [1.82, 2.24) is 4.98 Å². The second-order valence-electron chi connectivity index (χ2n) is 20.9. The third-order valence-electron chi connectivity index (χ3n) is 15.1. The summed E-state index contributed by atoms with van der Waals surface area (Å²) in [6.45, 7) is 23.6. The average molecular weight is 955 g/mol. The summed E-state index contributed by atoms with van der Waals surface area (Å²) in [4.78, 5) is 60.8. The van der Waals surface area contributed by atoms with Crippen molar-refractivity contribution in [1.29, 1.82) is 0 Å². The maximum atomic E-state index is 14.8. The molecular formula is C54H72N3O12+. The van der Waals surface area contributed by atoms with Gasteiger partial charge in [-0.1, -0.05) is 52.8 Å². The van der Waals surface area contributed by atoms with Crippen molar-refractivity contribution in [3.63, 3.8) is 0 Å². The van der Waals surface area contributed by atoms with E-state index in [0.29, 0.717) is 17.9 Å². The summed E-state index contributed by atoms with van der Waals surface area (Å²) in [7, 11) is 5.95. The highest BCUT2D eigenvalue weighted by atomic mass is 16.7. The van der Waals surface area contributed by atoms with Crippen LogP contribution in [0, 0.1) is 36.5 Å². The number of aliphatic hydroxyl groups is 1. The van der Waals surface area contributed by atoms with Crippen molar-refractivity contribution in [3.8, 4) is 17.2 Å². The molecule has 0 aliphatic carbocycles. The number of hydrogen-bond donors (Lipinski definition) is 3. The Balaban J connectivity index is 1.51. The summed E-state index contributed by atoms with van der Waals surface area (Å²) >= 11 is 0. The van der Waals surface area contributed by atoms with E-state index < -0.39 is 58.9 Å². The van der Waals surface area contributed by atoms with E-state index in [2.05, 4.69) is 40.2 Å². The van der Waals surface area contributed by atoms with Crippen LogP contribution in [0.25, 0.3) is 33.0 Å². The summed E-state index contributed by atoms with van der Waals surface area (Å²) < 4.78 is 37.8. The maximum absolute atomic E-state index is 14.8. The predicted molar refractivity (Wildman–Crippen MR) is 266 cm³/mol. The molecule has 1 aromatic heterocycles. The van der Waals surface area contributed by atoms with Gasteiger partial charge >= 0.3 is 11.8 Å². The van der Waals surface area contributed by atoms with E-state index in [4.69, 9.17) is 33.1 Å². The Morgan fingerprint density at radius 3 is 2.32 bits per heavy atom. The van der Waals surface area contributed by atoms with E-state index in [1.165, 1.54) is 34.1 Å². The van der Waals surface area contributed by atoms with E-state index in [9.17, 15) is 29.4 Å². The molecule has 0 saturated heterocycles. The molecule has 4 bridgehead atoms. The highest BCUT2D eigenvalue weighted by molar-refractivity contribution is 6.26. The number of rotatable bonds is 8. The summed E-state index contributed by atoms with van der Waals surface area (Å²) in [6.07, 6.45) is 7.55. The number of methoxy groups -OCH3 is 1. The number of ether oxygens (including phenoxy) is 5. The first-order chi connectivity index (χ1) is 32.2. The number of Topliss-reactive ketones (excluding diaryl/α,β-unsaturated/α-hetero) is 1. The molecule has 0 fully saturated rings. The number of carbonyl (C=O) groups is 3. The lowest BCUT2D eigenvalue weighted by molar-refractivity contribution is -0.935. The first kappa shape index (κ1) is 52.6. The third-order valence-corrected chi connectivity index (χ3v) is 15.1. The summed E-state index contributed by atoms with van der Waals surface area (Å²) in [6, 6.07) is 5.12. The van der Waals surface area contributed by atoms with Crippen LogP contribution in [0.4, 0.5) is 5.69 Å². The Morgan fingerprint density at radius 1 is 0.971 bits per heavy atom. The van der Waals surface area contributed by atoms with Gasteiger partial charge in [0.05, 0.1) is 62.2 Å². The van der Waals surface area contributed by atoms with Crippen LogP contribution in [-0.2, 0) is 23.8 Å². The van der Waals surface area contributed by atoms with Crippen molar-refractivity contribution < 1.29 is 57.2 Å². The number of benzene rings is 3. The molecule has 3 aromatic carbocycles. The monoisotopic (exact) mass is 955 g/mol. The molecule has 0 spiro atoms. The van der Waals surface area contributed by atoms with Crippen LogP contribution in [0.3, 0.4) is 0 Å². The van der Waals surface area contributed by atoms with Crippen molar-refractivity contribution in [2.24, 2.45) is 29.6 Å². The van der Waals surface area contributed by atoms with Gasteiger partial charge in [0.1, 0.15) is 34.3 Å². The third kappa shape index (κ3) is 10.4. The van der Waals surface area contributed by atoms with Gasteiger partial charge in [0.15, 0.2) is 22.3 Å². The van der Waals surface area contributed by atoms with Crippen LogP contribution in [0.1, 0.15) is 105 Å². The fourth-order valence-electron chi connectivity index (χ4n) is 9.22. The highest BCUT2D eigenvalue weighted by Gasteiger charge is 2.49. The number of nitrogens with zero attached hydrogens (tertiary/aromatic N) is 2. The summed E-state index contributed by atoms with van der Waals surface area (Å²) in [5.41, 5.74) is -0.150. The first-order valence-corrected chi connectivity index (χ1v) is 23.9. The number of phenols is 1. The predicted octanol–water partition coefficient (Wildman–Crippen LogP) is 9.31. The SMILES string of the molecule is CO[C@H]1/C=C/O[C@@]2(C)Oc3c(C)c(=O)c4c(O)c(c5oc6cc(OCCCC[N+](C)(C)C(C)(C)C)ccc6nc5c4c3C2=O)NC(=O)/C(C)=C\C=C\[C@H](C)[C@H](O)[C@@H](C)[C@@H](C)[C@@H](C)[C@H](OC(C)=O)[C@@H]1C. The molecule has 15 heteroatoms. The topological polar surface area (TPSA) is 193 Å². The fraction of sp³-hybridized carbons (Fsp3) is 0.537. The van der Waals surface area contributed by atoms with E-state index in [1.807, 2.05) is 34.6 Å². The number of aromatic hydroxyl groups is 1. The number of phenolic OH excluding ortho intramolecular Hbond substituents is 1. The van der Waals surface area contributed by atoms with Crippen molar-refractivity contribution in [3.05, 3.63) is 75.7 Å². The van der Waals surface area contributed by atoms with Gasteiger partial charge in [0, 0.05) is 55.4 Å². The molecule has 69 heavy (non-hydrogen) atoms. The minimum absolute atomic E-state index is 0.00463. The first-order valence-electron chi connectivity index (χ1n) is 23.9. The molecule has 0 saturated carbocycles. The molecule has 9 atom stereocenters. The van der Waals surface area contributed by atoms with E-state index >= 15 is 0 Å². The molecule has 15 nitrogen and oxygen atoms in total. The number of ketones is 1. The summed E-state index contributed by atoms with van der Waals surface area (Å²) in [5.74, 6) is -5.42. The van der Waals surface area contributed by atoms with Crippen LogP contribution < -0.4 is 20.2 Å². The Morgan fingerprint density at radius 2 is 1.67 bits per heavy atom. The zero-order valence-corrected chi connectivity index (χ0v) is 42.9. The molecule has 6 rings (SSSR count). The Bertz CT molecular complexity index is 2780. The van der Waals surface area contributed by atoms with Crippen LogP contribution in [0.2, 0.25) is 0 Å². The molecule has 4 aromatic rings. The van der Waals surface area contributed by atoms with Crippen LogP contribution in [-0.4, -0.2) is 101 Å². The number of anilines is 1. The van der Waals surface area contributed by atoms with E-state index in [1.54, 1.807) is 49.4 Å². The minimum Gasteiger partial charge on any atom is -0.505 e. The standard InChI is InChI=1S/C54H71N3O12/c1-28-19-18-20-29(2)52(63)56-44-47(61)41-40(43-50(44)68-39-27-36(21-22-37(39)55-43)65-25-17-16-24-57(13,14)53(9,10)11)42-49(34(7)46(41)60)69-54(12,51(42)62)66-26-23-38(64-15)33(6)48(67-35(8)58)32(5)30(3)31(4)45(28)59/h18-23,26-28,30-33,38,45,48,59H,16-17,24-25H2,1-15H3,(H-,55,56,60,61,62,63)/p+1/b19-18+,26-23+,29-20-/t28-,30+,31-,32+,33+,38-,45-,48-,54-/m0/s1. The Hall–Kier alpha value is -5.77. The number of allylic oxidation sites excluding steroid dienone is 2. The smallest absolute Gasteiger partial charge is 0.312 e.